The second-order valence-electron chi connectivity index (χ2n) is 5.49. The van der Waals surface area contributed by atoms with Gasteiger partial charge in [0.1, 0.15) is 5.65 Å². The number of hydrogen-bond donors (Lipinski definition) is 3. The van der Waals surface area contributed by atoms with E-state index < -0.39 is 6.10 Å². The fourth-order valence-electron chi connectivity index (χ4n) is 2.41. The molecule has 0 aliphatic carbocycles. The molecule has 1 unspecified atom stereocenters. The summed E-state index contributed by atoms with van der Waals surface area (Å²) < 4.78 is 1.97. The molecule has 24 heavy (non-hydrogen) atoms. The van der Waals surface area contributed by atoms with Crippen LogP contribution in [-0.2, 0) is 6.54 Å². The summed E-state index contributed by atoms with van der Waals surface area (Å²) in [5.41, 5.74) is 3.41. The van der Waals surface area contributed by atoms with E-state index >= 15 is 0 Å². The lowest BCUT2D eigenvalue weighted by Crippen LogP contribution is -2.37. The maximum absolute atomic E-state index is 11.9. The molecule has 0 bridgehead atoms. The molecular formula is C17H19N5O2. The third-order valence-electron chi connectivity index (χ3n) is 3.72. The van der Waals surface area contributed by atoms with Crippen molar-refractivity contribution in [3.05, 3.63) is 65.9 Å². The van der Waals surface area contributed by atoms with Gasteiger partial charge in [0.15, 0.2) is 0 Å². The Morgan fingerprint density at radius 1 is 1.25 bits per heavy atom. The van der Waals surface area contributed by atoms with Gasteiger partial charge in [-0.15, -0.1) is 0 Å². The van der Waals surface area contributed by atoms with E-state index in [9.17, 15) is 9.90 Å². The van der Waals surface area contributed by atoms with Crippen LogP contribution in [0.25, 0.3) is 5.65 Å². The van der Waals surface area contributed by atoms with Crippen molar-refractivity contribution < 1.29 is 9.90 Å². The van der Waals surface area contributed by atoms with Crippen LogP contribution in [0.5, 0.6) is 0 Å². The third kappa shape index (κ3) is 3.69. The molecule has 0 spiro atoms. The van der Waals surface area contributed by atoms with E-state index in [0.29, 0.717) is 12.1 Å². The smallest absolute Gasteiger partial charge is 0.315 e. The highest BCUT2D eigenvalue weighted by Gasteiger charge is 2.10. The molecule has 0 aromatic carbocycles. The van der Waals surface area contributed by atoms with Crippen LogP contribution in [0.1, 0.15) is 23.1 Å². The number of hydrogen-bond acceptors (Lipinski definition) is 4. The molecule has 7 nitrogen and oxygen atoms in total. The topological polar surface area (TPSA) is 91.5 Å². The van der Waals surface area contributed by atoms with Gasteiger partial charge in [-0.2, -0.15) is 0 Å². The predicted molar refractivity (Wildman–Crippen MR) is 89.4 cm³/mol. The van der Waals surface area contributed by atoms with Gasteiger partial charge in [-0.05, 0) is 36.8 Å². The number of aliphatic hydroxyl groups excluding tert-OH is 1. The number of urea groups is 1. The maximum atomic E-state index is 11.9. The number of imidazole rings is 1. The Morgan fingerprint density at radius 2 is 2.04 bits per heavy atom. The van der Waals surface area contributed by atoms with Crippen LogP contribution in [0.3, 0.4) is 0 Å². The first-order valence-corrected chi connectivity index (χ1v) is 7.67. The van der Waals surface area contributed by atoms with E-state index in [4.69, 9.17) is 0 Å². The summed E-state index contributed by atoms with van der Waals surface area (Å²) in [4.78, 5) is 20.2. The lowest BCUT2D eigenvalue weighted by molar-refractivity contribution is 0.173. The molecule has 0 fully saturated rings. The average Bonchev–Trinajstić information content (AvgIpc) is 3.03. The quantitative estimate of drug-likeness (QED) is 0.664. The summed E-state index contributed by atoms with van der Waals surface area (Å²) in [6.07, 6.45) is 4.33. The number of carbonyl (C=O) groups excluding carboxylic acids is 1. The van der Waals surface area contributed by atoms with Gasteiger partial charge >= 0.3 is 6.03 Å². The van der Waals surface area contributed by atoms with Crippen LogP contribution < -0.4 is 10.6 Å². The van der Waals surface area contributed by atoms with Gasteiger partial charge in [0, 0.05) is 30.8 Å². The van der Waals surface area contributed by atoms with Crippen LogP contribution >= 0.6 is 0 Å². The molecule has 3 aromatic heterocycles. The van der Waals surface area contributed by atoms with Crippen molar-refractivity contribution in [2.75, 3.05) is 6.54 Å². The van der Waals surface area contributed by atoms with Crippen molar-refractivity contribution in [1.82, 2.24) is 25.0 Å². The Balaban J connectivity index is 1.51. The first-order valence-electron chi connectivity index (χ1n) is 7.67. The minimum Gasteiger partial charge on any atom is -0.387 e. The molecule has 0 saturated heterocycles. The molecule has 0 saturated carbocycles. The van der Waals surface area contributed by atoms with E-state index in [-0.39, 0.29) is 12.6 Å². The lowest BCUT2D eigenvalue weighted by Gasteiger charge is -2.12. The summed E-state index contributed by atoms with van der Waals surface area (Å²) in [6, 6.07) is 8.94. The number of carbonyl (C=O) groups is 1. The summed E-state index contributed by atoms with van der Waals surface area (Å²) >= 11 is 0. The van der Waals surface area contributed by atoms with Crippen molar-refractivity contribution in [3.8, 4) is 0 Å². The molecule has 3 aromatic rings. The number of nitrogens with one attached hydrogen (secondary N) is 2. The van der Waals surface area contributed by atoms with Gasteiger partial charge in [0.05, 0.1) is 18.3 Å². The molecule has 3 rings (SSSR count). The first-order chi connectivity index (χ1) is 11.6. The van der Waals surface area contributed by atoms with E-state index in [0.717, 1.165) is 17.0 Å². The van der Waals surface area contributed by atoms with Crippen molar-refractivity contribution in [2.45, 2.75) is 19.6 Å². The van der Waals surface area contributed by atoms with E-state index in [1.54, 1.807) is 24.5 Å². The number of fused-ring (bicyclic) bond motifs is 1. The molecule has 0 radical (unpaired) electrons. The zero-order valence-electron chi connectivity index (χ0n) is 13.3. The fraction of sp³-hybridized carbons (Fsp3) is 0.235. The highest BCUT2D eigenvalue weighted by molar-refractivity contribution is 5.73. The lowest BCUT2D eigenvalue weighted by atomic mass is 10.1. The molecule has 3 heterocycles. The molecule has 124 valence electrons. The molecule has 7 heteroatoms. The van der Waals surface area contributed by atoms with Crippen molar-refractivity contribution in [3.63, 3.8) is 0 Å². The van der Waals surface area contributed by atoms with Crippen LogP contribution in [0.2, 0.25) is 0 Å². The number of amides is 2. The van der Waals surface area contributed by atoms with Gasteiger partial charge in [-0.1, -0.05) is 6.07 Å². The number of pyridine rings is 2. The Morgan fingerprint density at radius 3 is 2.79 bits per heavy atom. The number of rotatable bonds is 5. The molecule has 0 aliphatic heterocycles. The van der Waals surface area contributed by atoms with Gasteiger partial charge in [-0.3, -0.25) is 4.98 Å². The summed E-state index contributed by atoms with van der Waals surface area (Å²) in [5.74, 6) is 0. The van der Waals surface area contributed by atoms with Crippen molar-refractivity contribution >= 4 is 11.7 Å². The van der Waals surface area contributed by atoms with Crippen LogP contribution in [0.15, 0.2) is 48.9 Å². The second kappa shape index (κ2) is 7.10. The number of aryl methyl sites for hydroxylation is 1. The first kappa shape index (κ1) is 15.9. The Hall–Kier alpha value is -2.93. The summed E-state index contributed by atoms with van der Waals surface area (Å²) in [7, 11) is 0. The molecule has 1 atom stereocenters. The maximum Gasteiger partial charge on any atom is 0.315 e. The van der Waals surface area contributed by atoms with Crippen LogP contribution in [-0.4, -0.2) is 32.1 Å². The number of aliphatic hydroxyl groups is 1. The molecule has 0 aliphatic rings. The van der Waals surface area contributed by atoms with E-state index in [1.807, 2.05) is 35.7 Å². The molecule has 3 N–H and O–H groups in total. The SMILES string of the molecule is Cc1cccc2nc(CNC(=O)NCC(O)c3ccncc3)cn12. The average molecular weight is 325 g/mol. The standard InChI is InChI=1S/C17H19N5O2/c1-12-3-2-4-16-21-14(11-22(12)16)9-19-17(24)20-10-15(23)13-5-7-18-8-6-13/h2-8,11,15,23H,9-10H2,1H3,(H2,19,20,24). The Bertz CT molecular complexity index is 831. The van der Waals surface area contributed by atoms with Gasteiger partial charge in [-0.25, -0.2) is 9.78 Å². The monoisotopic (exact) mass is 325 g/mol. The largest absolute Gasteiger partial charge is 0.387 e. The molecule has 2 amide bonds. The zero-order valence-corrected chi connectivity index (χ0v) is 13.3. The minimum absolute atomic E-state index is 0.125. The van der Waals surface area contributed by atoms with Gasteiger partial charge in [0.2, 0.25) is 0 Å². The van der Waals surface area contributed by atoms with E-state index in [2.05, 4.69) is 20.6 Å². The van der Waals surface area contributed by atoms with Gasteiger partial charge < -0.3 is 20.1 Å². The van der Waals surface area contributed by atoms with Crippen molar-refractivity contribution in [1.29, 1.82) is 0 Å². The highest BCUT2D eigenvalue weighted by Crippen LogP contribution is 2.10. The van der Waals surface area contributed by atoms with E-state index in [1.165, 1.54) is 0 Å². The normalized spacial score (nSPS) is 12.1. The minimum atomic E-state index is -0.767. The fourth-order valence-corrected chi connectivity index (χ4v) is 2.41. The molecular weight excluding hydrogens is 306 g/mol. The van der Waals surface area contributed by atoms with Crippen molar-refractivity contribution in [2.24, 2.45) is 0 Å². The second-order valence-corrected chi connectivity index (χ2v) is 5.49. The van der Waals surface area contributed by atoms with Crippen LogP contribution in [0, 0.1) is 6.92 Å². The van der Waals surface area contributed by atoms with Gasteiger partial charge in [0.25, 0.3) is 0 Å². The summed E-state index contributed by atoms with van der Waals surface area (Å²) in [5, 5.41) is 15.4. The zero-order chi connectivity index (χ0) is 16.9. The predicted octanol–water partition coefficient (Wildman–Crippen LogP) is 1.57. The van der Waals surface area contributed by atoms with Crippen LogP contribution in [0.4, 0.5) is 4.79 Å². The number of aromatic nitrogens is 3. The Labute approximate surface area is 139 Å². The summed E-state index contributed by atoms with van der Waals surface area (Å²) in [6.45, 7) is 2.44. The third-order valence-corrected chi connectivity index (χ3v) is 3.72. The highest BCUT2D eigenvalue weighted by atomic mass is 16.3. The number of nitrogens with zero attached hydrogens (tertiary/aromatic N) is 3. The Kier molecular flexibility index (Phi) is 4.72.